The minimum Gasteiger partial charge on any atom is -0.481 e. The number of carbonyl (C=O) groups excluding carboxylic acids is 1. The third kappa shape index (κ3) is 4.43. The molecule has 0 radical (unpaired) electrons. The first-order valence-corrected chi connectivity index (χ1v) is 8.19. The molecular formula is C16H28N2O3. The van der Waals surface area contributed by atoms with Gasteiger partial charge in [-0.2, -0.15) is 0 Å². The highest BCUT2D eigenvalue weighted by molar-refractivity contribution is 5.78. The van der Waals surface area contributed by atoms with Gasteiger partial charge in [0.15, 0.2) is 0 Å². The fourth-order valence-corrected chi connectivity index (χ4v) is 3.65. The van der Waals surface area contributed by atoms with E-state index in [2.05, 4.69) is 11.8 Å². The van der Waals surface area contributed by atoms with Gasteiger partial charge in [0.25, 0.3) is 0 Å². The summed E-state index contributed by atoms with van der Waals surface area (Å²) in [5, 5.41) is 8.94. The van der Waals surface area contributed by atoms with Crippen molar-refractivity contribution < 1.29 is 14.7 Å². The highest BCUT2D eigenvalue weighted by atomic mass is 16.4. The van der Waals surface area contributed by atoms with E-state index in [0.29, 0.717) is 12.6 Å². The summed E-state index contributed by atoms with van der Waals surface area (Å²) >= 11 is 0. The van der Waals surface area contributed by atoms with Crippen LogP contribution in [0.1, 0.15) is 51.9 Å². The molecule has 2 fully saturated rings. The highest BCUT2D eigenvalue weighted by Crippen LogP contribution is 2.27. The molecule has 1 N–H and O–H groups in total. The van der Waals surface area contributed by atoms with Crippen molar-refractivity contribution in [2.75, 3.05) is 20.1 Å². The minimum atomic E-state index is -0.769. The van der Waals surface area contributed by atoms with Crippen LogP contribution in [0.5, 0.6) is 0 Å². The van der Waals surface area contributed by atoms with Crippen LogP contribution < -0.4 is 0 Å². The molecule has 1 aliphatic heterocycles. The molecule has 1 saturated heterocycles. The number of hydrogen-bond donors (Lipinski definition) is 1. The maximum Gasteiger partial charge on any atom is 0.304 e. The lowest BCUT2D eigenvalue weighted by atomic mass is 9.87. The molecule has 5 nitrogen and oxygen atoms in total. The van der Waals surface area contributed by atoms with Crippen LogP contribution in [0, 0.1) is 5.92 Å². The number of nitrogens with zero attached hydrogens (tertiary/aromatic N) is 2. The number of carbonyl (C=O) groups is 2. The van der Waals surface area contributed by atoms with E-state index in [0.717, 1.165) is 38.1 Å². The lowest BCUT2D eigenvalue weighted by molar-refractivity contribution is -0.140. The Morgan fingerprint density at radius 2 is 1.86 bits per heavy atom. The normalized spacial score (nSPS) is 30.3. The van der Waals surface area contributed by atoms with E-state index in [1.165, 1.54) is 12.8 Å². The Kier molecular flexibility index (Phi) is 5.62. The molecule has 2 aliphatic rings. The van der Waals surface area contributed by atoms with Crippen LogP contribution in [0.3, 0.4) is 0 Å². The van der Waals surface area contributed by atoms with Crippen molar-refractivity contribution >= 4 is 11.9 Å². The Labute approximate surface area is 127 Å². The SMILES string of the molecule is CC1CCC(N(C)C(=O)CN2CCCC2CC(=O)O)CC1. The minimum absolute atomic E-state index is 0.0335. The fourth-order valence-electron chi connectivity index (χ4n) is 3.65. The van der Waals surface area contributed by atoms with E-state index in [1.54, 1.807) is 0 Å². The van der Waals surface area contributed by atoms with Crippen molar-refractivity contribution in [1.82, 2.24) is 9.80 Å². The molecule has 0 aromatic rings. The van der Waals surface area contributed by atoms with Crippen molar-refractivity contribution in [3.05, 3.63) is 0 Å². The number of aliphatic carboxylic acids is 1. The molecule has 1 unspecified atom stereocenters. The van der Waals surface area contributed by atoms with Gasteiger partial charge in [-0.05, 0) is 51.0 Å². The summed E-state index contributed by atoms with van der Waals surface area (Å²) in [6, 6.07) is 0.403. The van der Waals surface area contributed by atoms with Crippen molar-refractivity contribution in [2.24, 2.45) is 5.92 Å². The number of hydrogen-bond acceptors (Lipinski definition) is 3. The van der Waals surface area contributed by atoms with Crippen LogP contribution in [0.4, 0.5) is 0 Å². The van der Waals surface area contributed by atoms with Gasteiger partial charge < -0.3 is 10.0 Å². The van der Waals surface area contributed by atoms with Crippen molar-refractivity contribution in [2.45, 2.75) is 64.0 Å². The topological polar surface area (TPSA) is 60.9 Å². The van der Waals surface area contributed by atoms with Gasteiger partial charge in [-0.1, -0.05) is 6.92 Å². The Balaban J connectivity index is 1.84. The van der Waals surface area contributed by atoms with Crippen molar-refractivity contribution in [3.63, 3.8) is 0 Å². The van der Waals surface area contributed by atoms with E-state index in [9.17, 15) is 9.59 Å². The monoisotopic (exact) mass is 296 g/mol. The predicted octanol–water partition coefficient (Wildman–Crippen LogP) is 1.96. The molecule has 0 spiro atoms. The van der Waals surface area contributed by atoms with Gasteiger partial charge in [0.1, 0.15) is 0 Å². The molecule has 5 heteroatoms. The van der Waals surface area contributed by atoms with Gasteiger partial charge in [-0.3, -0.25) is 14.5 Å². The third-order valence-electron chi connectivity index (χ3n) is 5.17. The predicted molar refractivity (Wildman–Crippen MR) is 81.0 cm³/mol. The lowest BCUT2D eigenvalue weighted by Crippen LogP contribution is -2.46. The van der Waals surface area contributed by atoms with Gasteiger partial charge in [-0.15, -0.1) is 0 Å². The summed E-state index contributed by atoms with van der Waals surface area (Å²) in [5.41, 5.74) is 0. The molecule has 1 saturated carbocycles. The summed E-state index contributed by atoms with van der Waals surface area (Å²) in [6.07, 6.45) is 6.64. The molecule has 0 aromatic heterocycles. The second-order valence-corrected chi connectivity index (χ2v) is 6.78. The quantitative estimate of drug-likeness (QED) is 0.842. The van der Waals surface area contributed by atoms with Gasteiger partial charge >= 0.3 is 5.97 Å². The summed E-state index contributed by atoms with van der Waals surface area (Å²) in [7, 11) is 1.91. The molecule has 1 heterocycles. The second kappa shape index (κ2) is 7.25. The standard InChI is InChI=1S/C16H28N2O3/c1-12-5-7-13(8-6-12)17(2)15(19)11-18-9-3-4-14(18)10-16(20)21/h12-14H,3-11H2,1-2H3,(H,20,21). The Morgan fingerprint density at radius 3 is 2.48 bits per heavy atom. The van der Waals surface area contributed by atoms with Crippen LogP contribution in [-0.4, -0.2) is 59.0 Å². The molecule has 120 valence electrons. The van der Waals surface area contributed by atoms with Crippen LogP contribution >= 0.6 is 0 Å². The largest absolute Gasteiger partial charge is 0.481 e. The van der Waals surface area contributed by atoms with E-state index in [1.807, 2.05) is 11.9 Å². The summed E-state index contributed by atoms with van der Waals surface area (Å²) < 4.78 is 0. The number of carboxylic acids is 1. The maximum absolute atomic E-state index is 12.4. The van der Waals surface area contributed by atoms with Crippen molar-refractivity contribution in [1.29, 1.82) is 0 Å². The van der Waals surface area contributed by atoms with Crippen LogP contribution in [0.15, 0.2) is 0 Å². The second-order valence-electron chi connectivity index (χ2n) is 6.78. The number of likely N-dealkylation sites (tertiary alicyclic amines) is 1. The zero-order valence-corrected chi connectivity index (χ0v) is 13.3. The van der Waals surface area contributed by atoms with Crippen LogP contribution in [-0.2, 0) is 9.59 Å². The molecule has 1 atom stereocenters. The fraction of sp³-hybridized carbons (Fsp3) is 0.875. The summed E-state index contributed by atoms with van der Waals surface area (Å²) in [6.45, 7) is 3.50. The maximum atomic E-state index is 12.4. The summed E-state index contributed by atoms with van der Waals surface area (Å²) in [5.74, 6) is 0.157. The molecule has 0 bridgehead atoms. The first-order valence-electron chi connectivity index (χ1n) is 8.19. The third-order valence-corrected chi connectivity index (χ3v) is 5.17. The highest BCUT2D eigenvalue weighted by Gasteiger charge is 2.31. The average molecular weight is 296 g/mol. The molecule has 2 rings (SSSR count). The van der Waals surface area contributed by atoms with E-state index in [-0.39, 0.29) is 18.4 Å². The Hall–Kier alpha value is -1.10. The lowest BCUT2D eigenvalue weighted by Gasteiger charge is -2.35. The molecule has 1 aliphatic carbocycles. The van der Waals surface area contributed by atoms with E-state index in [4.69, 9.17) is 5.11 Å². The smallest absolute Gasteiger partial charge is 0.304 e. The van der Waals surface area contributed by atoms with Crippen LogP contribution in [0.2, 0.25) is 0 Å². The molecule has 21 heavy (non-hydrogen) atoms. The number of amides is 1. The van der Waals surface area contributed by atoms with Gasteiger partial charge in [0.05, 0.1) is 13.0 Å². The van der Waals surface area contributed by atoms with E-state index >= 15 is 0 Å². The number of carboxylic acid groups (broad SMARTS) is 1. The zero-order valence-electron chi connectivity index (χ0n) is 13.3. The first kappa shape index (κ1) is 16.3. The molecule has 0 aromatic carbocycles. The van der Waals surface area contributed by atoms with Crippen LogP contribution in [0.25, 0.3) is 0 Å². The molecule has 1 amide bonds. The zero-order chi connectivity index (χ0) is 15.4. The number of likely N-dealkylation sites (N-methyl/N-ethyl adjacent to an activating group) is 1. The Morgan fingerprint density at radius 1 is 1.19 bits per heavy atom. The summed E-state index contributed by atoms with van der Waals surface area (Å²) in [4.78, 5) is 27.3. The molecular weight excluding hydrogens is 268 g/mol. The Bertz CT molecular complexity index is 378. The van der Waals surface area contributed by atoms with Gasteiger partial charge in [-0.25, -0.2) is 0 Å². The first-order chi connectivity index (χ1) is 9.97. The van der Waals surface area contributed by atoms with Gasteiger partial charge in [0.2, 0.25) is 5.91 Å². The van der Waals surface area contributed by atoms with E-state index < -0.39 is 5.97 Å². The average Bonchev–Trinajstić information content (AvgIpc) is 2.85. The number of rotatable bonds is 5. The van der Waals surface area contributed by atoms with Gasteiger partial charge in [0, 0.05) is 19.1 Å². The van der Waals surface area contributed by atoms with Crippen molar-refractivity contribution in [3.8, 4) is 0 Å².